The number of hydrogen-bond acceptors (Lipinski definition) is 7. The Kier molecular flexibility index (Phi) is 5.95. The third-order valence-corrected chi connectivity index (χ3v) is 6.07. The number of pyridine rings is 1. The molecule has 0 bridgehead atoms. The van der Waals surface area contributed by atoms with E-state index in [-0.39, 0.29) is 11.7 Å². The smallest absolute Gasteiger partial charge is 0.224 e. The van der Waals surface area contributed by atoms with Gasteiger partial charge in [0.25, 0.3) is 0 Å². The fourth-order valence-corrected chi connectivity index (χ4v) is 4.17. The Morgan fingerprint density at radius 1 is 0.971 bits per heavy atom. The monoisotopic (exact) mass is 454 g/mol. The van der Waals surface area contributed by atoms with E-state index in [1.807, 2.05) is 48.9 Å². The van der Waals surface area contributed by atoms with Gasteiger partial charge in [-0.3, -0.25) is 14.8 Å². The molecule has 0 unspecified atom stereocenters. The molecule has 0 radical (unpaired) electrons. The Morgan fingerprint density at radius 2 is 1.74 bits per heavy atom. The van der Waals surface area contributed by atoms with Gasteiger partial charge in [-0.15, -0.1) is 0 Å². The number of phenolic OH excluding ortho intramolecular Hbond substituents is 1. The van der Waals surface area contributed by atoms with Crippen molar-refractivity contribution < 1.29 is 9.90 Å². The summed E-state index contributed by atoms with van der Waals surface area (Å²) in [6.45, 7) is 5.30. The summed E-state index contributed by atoms with van der Waals surface area (Å²) >= 11 is 0. The summed E-state index contributed by atoms with van der Waals surface area (Å²) in [6.07, 6.45) is 5.85. The summed E-state index contributed by atoms with van der Waals surface area (Å²) < 4.78 is 0. The topological polar surface area (TPSA) is 94.5 Å². The first-order chi connectivity index (χ1) is 16.6. The first kappa shape index (κ1) is 21.6. The van der Waals surface area contributed by atoms with Crippen LogP contribution >= 0.6 is 0 Å². The standard InChI is InChI=1S/C26H26N6O2/c1-2-26(34)29-19-4-5-21(24(33)16-19)18-3-6-22-23(15-18)30-25(17-28-22)32-13-11-31(12-14-32)20-7-9-27-10-8-20/h3-10,15-17,33H,2,11-14H2,1H3,(H,29,34). The normalized spacial score (nSPS) is 13.8. The van der Waals surface area contributed by atoms with E-state index in [1.54, 1.807) is 25.1 Å². The summed E-state index contributed by atoms with van der Waals surface area (Å²) in [6, 6.07) is 15.0. The fourth-order valence-electron chi connectivity index (χ4n) is 4.17. The minimum absolute atomic E-state index is 0.0951. The van der Waals surface area contributed by atoms with Crippen molar-refractivity contribution >= 4 is 34.1 Å². The number of aromatic nitrogens is 3. The van der Waals surface area contributed by atoms with Gasteiger partial charge in [0.15, 0.2) is 0 Å². The highest BCUT2D eigenvalue weighted by Crippen LogP contribution is 2.33. The Hall–Kier alpha value is -4.20. The fraction of sp³-hybridized carbons (Fsp3) is 0.231. The summed E-state index contributed by atoms with van der Waals surface area (Å²) in [5, 5.41) is 13.3. The van der Waals surface area contributed by atoms with Crippen molar-refractivity contribution in [1.29, 1.82) is 0 Å². The van der Waals surface area contributed by atoms with E-state index >= 15 is 0 Å². The quantitative estimate of drug-likeness (QED) is 0.469. The molecule has 1 saturated heterocycles. The molecule has 4 aromatic rings. The molecule has 1 fully saturated rings. The third-order valence-electron chi connectivity index (χ3n) is 6.07. The van der Waals surface area contributed by atoms with Crippen molar-refractivity contribution in [3.05, 3.63) is 67.1 Å². The average Bonchev–Trinajstić information content (AvgIpc) is 2.88. The SMILES string of the molecule is CCC(=O)Nc1ccc(-c2ccc3ncc(N4CCN(c5ccncc5)CC4)nc3c2)c(O)c1. The first-order valence-electron chi connectivity index (χ1n) is 11.4. The Balaban J connectivity index is 1.36. The van der Waals surface area contributed by atoms with Crippen LogP contribution in [0.25, 0.3) is 22.2 Å². The molecule has 0 saturated carbocycles. The number of phenols is 1. The largest absolute Gasteiger partial charge is 0.507 e. The van der Waals surface area contributed by atoms with Crippen LogP contribution in [0.2, 0.25) is 0 Å². The van der Waals surface area contributed by atoms with Gasteiger partial charge in [0.05, 0.1) is 17.2 Å². The van der Waals surface area contributed by atoms with Crippen molar-refractivity contribution in [2.24, 2.45) is 0 Å². The van der Waals surface area contributed by atoms with E-state index in [0.717, 1.165) is 48.6 Å². The Labute approximate surface area is 197 Å². The van der Waals surface area contributed by atoms with E-state index in [1.165, 1.54) is 5.69 Å². The first-order valence-corrected chi connectivity index (χ1v) is 11.4. The zero-order valence-corrected chi connectivity index (χ0v) is 19.0. The molecule has 0 atom stereocenters. The highest BCUT2D eigenvalue weighted by atomic mass is 16.3. The van der Waals surface area contributed by atoms with E-state index < -0.39 is 0 Å². The molecule has 3 heterocycles. The number of carbonyl (C=O) groups is 1. The summed E-state index contributed by atoms with van der Waals surface area (Å²) in [7, 11) is 0. The van der Waals surface area contributed by atoms with Crippen molar-refractivity contribution in [3.63, 3.8) is 0 Å². The lowest BCUT2D eigenvalue weighted by Gasteiger charge is -2.36. The minimum atomic E-state index is -0.0951. The van der Waals surface area contributed by atoms with Crippen LogP contribution in [0.15, 0.2) is 67.1 Å². The predicted molar refractivity (Wildman–Crippen MR) is 134 cm³/mol. The molecular weight excluding hydrogens is 428 g/mol. The summed E-state index contributed by atoms with van der Waals surface area (Å²) in [4.78, 5) is 29.8. The molecule has 5 rings (SSSR count). The minimum Gasteiger partial charge on any atom is -0.507 e. The molecule has 0 spiro atoms. The predicted octanol–water partition coefficient (Wildman–Crippen LogP) is 4.07. The zero-order chi connectivity index (χ0) is 23.5. The van der Waals surface area contributed by atoms with E-state index in [0.29, 0.717) is 17.7 Å². The van der Waals surface area contributed by atoms with Crippen LogP contribution in [-0.4, -0.2) is 52.1 Å². The number of anilines is 3. The van der Waals surface area contributed by atoms with Crippen molar-refractivity contribution in [1.82, 2.24) is 15.0 Å². The van der Waals surface area contributed by atoms with E-state index in [4.69, 9.17) is 4.98 Å². The molecule has 2 aromatic heterocycles. The van der Waals surface area contributed by atoms with Crippen LogP contribution in [0.5, 0.6) is 5.75 Å². The zero-order valence-electron chi connectivity index (χ0n) is 19.0. The lowest BCUT2D eigenvalue weighted by molar-refractivity contribution is -0.115. The average molecular weight is 455 g/mol. The van der Waals surface area contributed by atoms with Gasteiger partial charge in [-0.2, -0.15) is 0 Å². The number of aromatic hydroxyl groups is 1. The van der Waals surface area contributed by atoms with Crippen molar-refractivity contribution in [2.75, 3.05) is 41.3 Å². The van der Waals surface area contributed by atoms with Crippen LogP contribution in [0.1, 0.15) is 13.3 Å². The number of benzene rings is 2. The van der Waals surface area contributed by atoms with Gasteiger partial charge in [-0.1, -0.05) is 13.0 Å². The molecule has 1 amide bonds. The maximum absolute atomic E-state index is 11.6. The second-order valence-electron chi connectivity index (χ2n) is 8.24. The molecule has 34 heavy (non-hydrogen) atoms. The molecule has 0 aliphatic carbocycles. The van der Waals surface area contributed by atoms with Gasteiger partial charge in [0.1, 0.15) is 11.6 Å². The number of nitrogens with zero attached hydrogens (tertiary/aromatic N) is 5. The van der Waals surface area contributed by atoms with Gasteiger partial charge < -0.3 is 20.2 Å². The molecular formula is C26H26N6O2. The second-order valence-corrected chi connectivity index (χ2v) is 8.24. The van der Waals surface area contributed by atoms with Gasteiger partial charge in [-0.05, 0) is 42.0 Å². The Bertz CT molecular complexity index is 1320. The number of carbonyl (C=O) groups excluding carboxylic acids is 1. The number of nitrogens with one attached hydrogen (secondary N) is 1. The van der Waals surface area contributed by atoms with Crippen LogP contribution in [0, 0.1) is 0 Å². The van der Waals surface area contributed by atoms with Gasteiger partial charge in [-0.25, -0.2) is 4.98 Å². The molecule has 172 valence electrons. The molecule has 2 aromatic carbocycles. The van der Waals surface area contributed by atoms with Crippen LogP contribution in [-0.2, 0) is 4.79 Å². The van der Waals surface area contributed by atoms with Gasteiger partial charge in [0, 0.05) is 68.0 Å². The van der Waals surface area contributed by atoms with Crippen LogP contribution in [0.3, 0.4) is 0 Å². The second kappa shape index (κ2) is 9.35. The number of piperazine rings is 1. The number of amides is 1. The number of fused-ring (bicyclic) bond motifs is 1. The van der Waals surface area contributed by atoms with Crippen molar-refractivity contribution in [3.8, 4) is 16.9 Å². The molecule has 1 aliphatic heterocycles. The molecule has 1 aliphatic rings. The highest BCUT2D eigenvalue weighted by Gasteiger charge is 2.19. The van der Waals surface area contributed by atoms with Crippen LogP contribution < -0.4 is 15.1 Å². The summed E-state index contributed by atoms with van der Waals surface area (Å²) in [5.41, 5.74) is 4.84. The number of hydrogen-bond donors (Lipinski definition) is 2. The molecule has 8 heteroatoms. The van der Waals surface area contributed by atoms with E-state index in [2.05, 4.69) is 25.1 Å². The van der Waals surface area contributed by atoms with Gasteiger partial charge >= 0.3 is 0 Å². The van der Waals surface area contributed by atoms with Gasteiger partial charge in [0.2, 0.25) is 5.91 Å². The van der Waals surface area contributed by atoms with Crippen molar-refractivity contribution in [2.45, 2.75) is 13.3 Å². The summed E-state index contributed by atoms with van der Waals surface area (Å²) in [5.74, 6) is 0.854. The molecule has 2 N–H and O–H groups in total. The maximum atomic E-state index is 11.6. The highest BCUT2D eigenvalue weighted by molar-refractivity contribution is 5.91. The lowest BCUT2D eigenvalue weighted by Crippen LogP contribution is -2.46. The molecule has 8 nitrogen and oxygen atoms in total. The van der Waals surface area contributed by atoms with Crippen LogP contribution in [0.4, 0.5) is 17.2 Å². The van der Waals surface area contributed by atoms with E-state index in [9.17, 15) is 9.90 Å². The number of rotatable bonds is 5. The maximum Gasteiger partial charge on any atom is 0.224 e. The third kappa shape index (κ3) is 4.47. The lowest BCUT2D eigenvalue weighted by atomic mass is 10.0. The Morgan fingerprint density at radius 3 is 2.47 bits per heavy atom.